The number of amides is 1. The molecule has 0 atom stereocenters. The molecule has 0 saturated carbocycles. The Hall–Kier alpha value is -1.73. The van der Waals surface area contributed by atoms with E-state index in [2.05, 4.69) is 10.4 Å². The molecule has 1 aliphatic rings. The topological polar surface area (TPSA) is 76.5 Å². The van der Waals surface area contributed by atoms with Gasteiger partial charge in [-0.2, -0.15) is 5.10 Å². The van der Waals surface area contributed by atoms with E-state index in [1.54, 1.807) is 25.0 Å². The zero-order valence-electron chi connectivity index (χ0n) is 11.9. The molecule has 110 valence electrons. The summed E-state index contributed by atoms with van der Waals surface area (Å²) >= 11 is 0. The van der Waals surface area contributed by atoms with Crippen LogP contribution in [0, 0.1) is 6.92 Å². The van der Waals surface area contributed by atoms with Gasteiger partial charge in [-0.25, -0.2) is 4.68 Å². The summed E-state index contributed by atoms with van der Waals surface area (Å²) in [6, 6.07) is 1.57. The van der Waals surface area contributed by atoms with E-state index in [1.165, 1.54) is 4.68 Å². The molecule has 1 N–H and O–H groups in total. The van der Waals surface area contributed by atoms with E-state index in [0.29, 0.717) is 31.9 Å². The first-order valence-electron chi connectivity index (χ1n) is 6.71. The predicted octanol–water partition coefficient (Wildman–Crippen LogP) is -0.756. The average molecular weight is 280 g/mol. The van der Waals surface area contributed by atoms with Crippen molar-refractivity contribution in [2.24, 2.45) is 0 Å². The zero-order chi connectivity index (χ0) is 14.5. The first-order chi connectivity index (χ1) is 9.63. The van der Waals surface area contributed by atoms with Gasteiger partial charge in [0.15, 0.2) is 0 Å². The van der Waals surface area contributed by atoms with Gasteiger partial charge < -0.3 is 15.0 Å². The smallest absolute Gasteiger partial charge is 0.279 e. The first kappa shape index (κ1) is 14.7. The standard InChI is InChI=1S/C13H20N4O3/c1-10-9-11(12(18)16-5-3-14-4-6-16)13(19)17(15-10)7-8-20-2/h9,14H,3-8H2,1-2H3. The molecule has 0 bridgehead atoms. The fourth-order valence-electron chi connectivity index (χ4n) is 2.20. The SMILES string of the molecule is COCCn1nc(C)cc(C(=O)N2CCNCC2)c1=O. The minimum absolute atomic E-state index is 0.190. The number of hydrogen-bond acceptors (Lipinski definition) is 5. The number of rotatable bonds is 4. The lowest BCUT2D eigenvalue weighted by Gasteiger charge is -2.27. The summed E-state index contributed by atoms with van der Waals surface area (Å²) in [5, 5.41) is 7.32. The highest BCUT2D eigenvalue weighted by atomic mass is 16.5. The van der Waals surface area contributed by atoms with Crippen molar-refractivity contribution in [3.05, 3.63) is 27.7 Å². The summed E-state index contributed by atoms with van der Waals surface area (Å²) in [6.07, 6.45) is 0. The number of methoxy groups -OCH3 is 1. The highest BCUT2D eigenvalue weighted by Crippen LogP contribution is 2.03. The van der Waals surface area contributed by atoms with Crippen molar-refractivity contribution in [2.45, 2.75) is 13.5 Å². The summed E-state index contributed by atoms with van der Waals surface area (Å²) in [5.74, 6) is -0.215. The van der Waals surface area contributed by atoms with Gasteiger partial charge in [-0.15, -0.1) is 0 Å². The monoisotopic (exact) mass is 280 g/mol. The molecule has 20 heavy (non-hydrogen) atoms. The Morgan fingerprint density at radius 3 is 2.80 bits per heavy atom. The third-order valence-corrected chi connectivity index (χ3v) is 3.24. The third kappa shape index (κ3) is 3.23. The highest BCUT2D eigenvalue weighted by molar-refractivity contribution is 5.94. The van der Waals surface area contributed by atoms with E-state index in [9.17, 15) is 9.59 Å². The fraction of sp³-hybridized carbons (Fsp3) is 0.615. The van der Waals surface area contributed by atoms with Gasteiger partial charge in [-0.05, 0) is 13.0 Å². The number of carbonyl (C=O) groups is 1. The lowest BCUT2D eigenvalue weighted by atomic mass is 10.2. The maximum absolute atomic E-state index is 12.4. The Kier molecular flexibility index (Phi) is 4.86. The molecule has 1 aromatic rings. The van der Waals surface area contributed by atoms with Gasteiger partial charge in [0.25, 0.3) is 11.5 Å². The van der Waals surface area contributed by atoms with Crippen LogP contribution in [0.3, 0.4) is 0 Å². The molecule has 0 aliphatic carbocycles. The molecule has 1 aliphatic heterocycles. The Morgan fingerprint density at radius 2 is 2.15 bits per heavy atom. The van der Waals surface area contributed by atoms with E-state index in [1.807, 2.05) is 0 Å². The lowest BCUT2D eigenvalue weighted by Crippen LogP contribution is -2.48. The number of ether oxygens (including phenoxy) is 1. The van der Waals surface area contributed by atoms with Crippen LogP contribution in [-0.2, 0) is 11.3 Å². The van der Waals surface area contributed by atoms with Crippen LogP contribution in [0.1, 0.15) is 16.1 Å². The molecule has 7 heteroatoms. The van der Waals surface area contributed by atoms with Crippen LogP contribution in [0.15, 0.2) is 10.9 Å². The van der Waals surface area contributed by atoms with Crippen molar-refractivity contribution >= 4 is 5.91 Å². The quantitative estimate of drug-likeness (QED) is 0.785. The molecule has 2 rings (SSSR count). The highest BCUT2D eigenvalue weighted by Gasteiger charge is 2.22. The molecular formula is C13H20N4O3. The Balaban J connectivity index is 2.28. The Labute approximate surface area is 117 Å². The number of hydrogen-bond donors (Lipinski definition) is 1. The van der Waals surface area contributed by atoms with Crippen LogP contribution in [0.5, 0.6) is 0 Å². The zero-order valence-corrected chi connectivity index (χ0v) is 11.9. The van der Waals surface area contributed by atoms with Crippen molar-refractivity contribution in [2.75, 3.05) is 39.9 Å². The minimum Gasteiger partial charge on any atom is -0.383 e. The number of piperazine rings is 1. The van der Waals surface area contributed by atoms with Crippen LogP contribution in [0.25, 0.3) is 0 Å². The maximum atomic E-state index is 12.4. The van der Waals surface area contributed by atoms with Crippen molar-refractivity contribution in [1.82, 2.24) is 20.0 Å². The summed E-state index contributed by atoms with van der Waals surface area (Å²) in [4.78, 5) is 26.4. The number of aryl methyl sites for hydroxylation is 1. The van der Waals surface area contributed by atoms with E-state index in [-0.39, 0.29) is 17.0 Å². The van der Waals surface area contributed by atoms with Gasteiger partial charge in [-0.1, -0.05) is 0 Å². The minimum atomic E-state index is -0.351. The van der Waals surface area contributed by atoms with Gasteiger partial charge in [0, 0.05) is 33.3 Å². The molecular weight excluding hydrogens is 260 g/mol. The van der Waals surface area contributed by atoms with Crippen LogP contribution in [-0.4, -0.2) is 60.5 Å². The van der Waals surface area contributed by atoms with E-state index in [4.69, 9.17) is 4.74 Å². The summed E-state index contributed by atoms with van der Waals surface area (Å²) < 4.78 is 6.25. The molecule has 1 amide bonds. The molecule has 1 aromatic heterocycles. The second-order valence-electron chi connectivity index (χ2n) is 4.76. The number of carbonyl (C=O) groups excluding carboxylic acids is 1. The van der Waals surface area contributed by atoms with Crippen LogP contribution in [0.4, 0.5) is 0 Å². The normalized spacial score (nSPS) is 15.4. The van der Waals surface area contributed by atoms with E-state index >= 15 is 0 Å². The average Bonchev–Trinajstić information content (AvgIpc) is 2.48. The van der Waals surface area contributed by atoms with Crippen molar-refractivity contribution in [3.8, 4) is 0 Å². The second kappa shape index (κ2) is 6.62. The second-order valence-corrected chi connectivity index (χ2v) is 4.76. The summed E-state index contributed by atoms with van der Waals surface area (Å²) in [5.41, 5.74) is 0.492. The molecule has 0 unspecified atom stereocenters. The molecule has 7 nitrogen and oxygen atoms in total. The van der Waals surface area contributed by atoms with Crippen LogP contribution < -0.4 is 10.9 Å². The molecule has 2 heterocycles. The first-order valence-corrected chi connectivity index (χ1v) is 6.71. The Bertz CT molecular complexity index is 535. The van der Waals surface area contributed by atoms with E-state index in [0.717, 1.165) is 13.1 Å². The van der Waals surface area contributed by atoms with E-state index < -0.39 is 0 Å². The fourth-order valence-corrected chi connectivity index (χ4v) is 2.20. The number of nitrogens with one attached hydrogen (secondary N) is 1. The van der Waals surface area contributed by atoms with Gasteiger partial charge in [0.05, 0.1) is 18.8 Å². The molecule has 1 fully saturated rings. The van der Waals surface area contributed by atoms with Gasteiger partial charge >= 0.3 is 0 Å². The van der Waals surface area contributed by atoms with Crippen LogP contribution in [0.2, 0.25) is 0 Å². The van der Waals surface area contributed by atoms with Crippen molar-refractivity contribution < 1.29 is 9.53 Å². The molecule has 0 radical (unpaired) electrons. The van der Waals surface area contributed by atoms with Crippen LogP contribution >= 0.6 is 0 Å². The molecule has 0 spiro atoms. The molecule has 1 saturated heterocycles. The Morgan fingerprint density at radius 1 is 1.45 bits per heavy atom. The summed E-state index contributed by atoms with van der Waals surface area (Å²) in [7, 11) is 1.56. The predicted molar refractivity (Wildman–Crippen MR) is 73.9 cm³/mol. The van der Waals surface area contributed by atoms with Crippen molar-refractivity contribution in [1.29, 1.82) is 0 Å². The third-order valence-electron chi connectivity index (χ3n) is 3.24. The number of nitrogens with zero attached hydrogens (tertiary/aromatic N) is 3. The largest absolute Gasteiger partial charge is 0.383 e. The van der Waals surface area contributed by atoms with Crippen molar-refractivity contribution in [3.63, 3.8) is 0 Å². The summed E-state index contributed by atoms with van der Waals surface area (Å²) in [6.45, 7) is 5.27. The lowest BCUT2D eigenvalue weighted by molar-refractivity contribution is 0.0732. The van der Waals surface area contributed by atoms with Gasteiger partial charge in [0.1, 0.15) is 5.56 Å². The van der Waals surface area contributed by atoms with Gasteiger partial charge in [0.2, 0.25) is 0 Å². The van der Waals surface area contributed by atoms with Gasteiger partial charge in [-0.3, -0.25) is 9.59 Å². The number of aromatic nitrogens is 2. The molecule has 0 aromatic carbocycles. The maximum Gasteiger partial charge on any atom is 0.279 e.